The Hall–Kier alpha value is -3.51. The molecular weight excluding hydrogens is 442 g/mol. The van der Waals surface area contributed by atoms with Gasteiger partial charge in [-0.25, -0.2) is 13.2 Å². The van der Waals surface area contributed by atoms with E-state index >= 15 is 0 Å². The Bertz CT molecular complexity index is 1350. The highest BCUT2D eigenvalue weighted by Crippen LogP contribution is 2.45. The van der Waals surface area contributed by atoms with E-state index < -0.39 is 21.9 Å². The van der Waals surface area contributed by atoms with Crippen molar-refractivity contribution >= 4 is 32.5 Å². The van der Waals surface area contributed by atoms with Crippen LogP contribution in [0.25, 0.3) is 22.2 Å². The van der Waals surface area contributed by atoms with Crippen LogP contribution in [-0.2, 0) is 14.6 Å². The smallest absolute Gasteiger partial charge is 0.411 e. The fourth-order valence-corrected chi connectivity index (χ4v) is 4.09. The average molecular weight is 468 g/mol. The molecule has 0 bridgehead atoms. The van der Waals surface area contributed by atoms with Crippen molar-refractivity contribution in [3.05, 3.63) is 48.0 Å². The van der Waals surface area contributed by atoms with Gasteiger partial charge in [0.1, 0.15) is 11.8 Å². The quantitative estimate of drug-likeness (QED) is 0.532. The first-order valence-electron chi connectivity index (χ1n) is 10.6. The maximum Gasteiger partial charge on any atom is 0.411 e. The molecule has 2 aromatic carbocycles. The number of hydrogen-bond donors (Lipinski definition) is 1. The average Bonchev–Trinajstić information content (AvgIpc) is 3.52. The lowest BCUT2D eigenvalue weighted by Gasteiger charge is -2.12. The minimum atomic E-state index is -3.28. The zero-order valence-corrected chi connectivity index (χ0v) is 19.5. The van der Waals surface area contributed by atoms with Gasteiger partial charge in [-0.3, -0.25) is 5.32 Å². The van der Waals surface area contributed by atoms with Crippen molar-refractivity contribution in [1.29, 1.82) is 5.26 Å². The van der Waals surface area contributed by atoms with E-state index in [0.717, 1.165) is 41.3 Å². The number of benzene rings is 2. The molecule has 1 heterocycles. The number of nitriles is 1. The molecule has 172 valence electrons. The van der Waals surface area contributed by atoms with Crippen LogP contribution in [0.5, 0.6) is 5.75 Å². The number of hydrogen-bond acceptors (Lipinski definition) is 6. The van der Waals surface area contributed by atoms with Crippen LogP contribution in [0.2, 0.25) is 0 Å². The highest BCUT2D eigenvalue weighted by atomic mass is 32.2. The van der Waals surface area contributed by atoms with E-state index in [0.29, 0.717) is 17.0 Å². The number of fused-ring (bicyclic) bond motifs is 1. The van der Waals surface area contributed by atoms with Gasteiger partial charge in [0.15, 0.2) is 15.8 Å². The number of rotatable bonds is 7. The lowest BCUT2D eigenvalue weighted by molar-refractivity contribution is 0.130. The van der Waals surface area contributed by atoms with Crippen LogP contribution >= 0.6 is 0 Å². The van der Waals surface area contributed by atoms with Crippen LogP contribution < -0.4 is 10.1 Å². The molecule has 3 aromatic rings. The maximum atomic E-state index is 11.9. The van der Waals surface area contributed by atoms with Crippen molar-refractivity contribution in [2.45, 2.75) is 38.8 Å². The van der Waals surface area contributed by atoms with Crippen molar-refractivity contribution in [1.82, 2.24) is 4.57 Å². The van der Waals surface area contributed by atoms with Gasteiger partial charge in [-0.2, -0.15) is 5.26 Å². The van der Waals surface area contributed by atoms with Crippen molar-refractivity contribution < 1.29 is 22.7 Å². The Morgan fingerprint density at radius 3 is 2.48 bits per heavy atom. The molecule has 1 saturated carbocycles. The minimum absolute atomic E-state index is 0.219. The van der Waals surface area contributed by atoms with E-state index in [1.807, 2.05) is 12.1 Å². The zero-order valence-electron chi connectivity index (χ0n) is 18.7. The molecule has 0 saturated heterocycles. The summed E-state index contributed by atoms with van der Waals surface area (Å²) in [5.41, 5.74) is 3.61. The van der Waals surface area contributed by atoms with Gasteiger partial charge in [-0.1, -0.05) is 12.1 Å². The summed E-state index contributed by atoms with van der Waals surface area (Å²) in [4.78, 5) is 11.9. The molecule has 0 atom stereocenters. The summed E-state index contributed by atoms with van der Waals surface area (Å²) in [6.07, 6.45) is 2.37. The van der Waals surface area contributed by atoms with Gasteiger partial charge in [0.05, 0.1) is 22.9 Å². The van der Waals surface area contributed by atoms with Gasteiger partial charge in [0.25, 0.3) is 0 Å². The molecular formula is C24H25N3O5S. The number of amides is 1. The summed E-state index contributed by atoms with van der Waals surface area (Å²) >= 11 is 0. The third kappa shape index (κ3) is 5.12. The number of nitrogens with one attached hydrogen (secondary N) is 1. The highest BCUT2D eigenvalue weighted by Gasteiger charge is 2.30. The molecule has 4 rings (SSSR count). The Balaban J connectivity index is 1.73. The van der Waals surface area contributed by atoms with Crippen molar-refractivity contribution in [2.24, 2.45) is 0 Å². The lowest BCUT2D eigenvalue weighted by Crippen LogP contribution is -2.17. The summed E-state index contributed by atoms with van der Waals surface area (Å²) in [7, 11) is -3.28. The Kier molecular flexibility index (Phi) is 6.04. The monoisotopic (exact) mass is 467 g/mol. The van der Waals surface area contributed by atoms with Gasteiger partial charge in [-0.15, -0.1) is 0 Å². The molecule has 0 unspecified atom stereocenters. The molecule has 0 aliphatic heterocycles. The van der Waals surface area contributed by atoms with E-state index in [4.69, 9.17) is 9.47 Å². The zero-order chi connectivity index (χ0) is 23.8. The largest absolute Gasteiger partial charge is 0.478 e. The number of carbonyl (C=O) groups is 1. The molecule has 1 aliphatic carbocycles. The number of nitrogens with zero attached hydrogens (tertiary/aromatic N) is 2. The molecule has 9 heteroatoms. The number of aromatic nitrogens is 1. The van der Waals surface area contributed by atoms with Crippen molar-refractivity contribution in [3.8, 4) is 23.1 Å². The molecule has 1 aliphatic rings. The topological polar surface area (TPSA) is 110 Å². The van der Waals surface area contributed by atoms with Gasteiger partial charge in [0, 0.05) is 29.4 Å². The first kappa shape index (κ1) is 22.7. The van der Waals surface area contributed by atoms with Gasteiger partial charge in [-0.05, 0) is 56.5 Å². The van der Waals surface area contributed by atoms with Crippen molar-refractivity contribution in [2.75, 3.05) is 17.5 Å². The maximum absolute atomic E-state index is 11.9. The van der Waals surface area contributed by atoms with E-state index in [9.17, 15) is 18.5 Å². The Morgan fingerprint density at radius 1 is 1.21 bits per heavy atom. The standard InChI is InChI=1S/C24H25N3O5S/c1-15(2)32-24(28)26-17-6-4-16(5-7-17)23-21(13-25)20-11-10-19(31-14-33(3,29)30)12-22(20)27(23)18-8-9-18/h4-7,10-12,15,18H,8-9,14H2,1-3H3,(H,26,28). The van der Waals surface area contributed by atoms with Gasteiger partial charge < -0.3 is 14.0 Å². The molecule has 1 aromatic heterocycles. The fourth-order valence-electron chi connectivity index (χ4n) is 3.74. The van der Waals surface area contributed by atoms with E-state index in [1.165, 1.54) is 0 Å². The Labute approximate surface area is 192 Å². The van der Waals surface area contributed by atoms with Crippen LogP contribution in [0.4, 0.5) is 10.5 Å². The Morgan fingerprint density at radius 2 is 1.91 bits per heavy atom. The van der Waals surface area contributed by atoms with Crippen molar-refractivity contribution in [3.63, 3.8) is 0 Å². The second-order valence-electron chi connectivity index (χ2n) is 8.46. The molecule has 1 fully saturated rings. The van der Waals surface area contributed by atoms with E-state index in [2.05, 4.69) is 16.0 Å². The summed E-state index contributed by atoms with van der Waals surface area (Å²) in [5, 5.41) is 13.5. The number of sulfone groups is 1. The highest BCUT2D eigenvalue weighted by molar-refractivity contribution is 7.90. The lowest BCUT2D eigenvalue weighted by atomic mass is 10.1. The van der Waals surface area contributed by atoms with Crippen LogP contribution in [0.3, 0.4) is 0 Å². The van der Waals surface area contributed by atoms with Crippen LogP contribution in [0.15, 0.2) is 42.5 Å². The second-order valence-corrected chi connectivity index (χ2v) is 10.5. The summed E-state index contributed by atoms with van der Waals surface area (Å²) in [6.45, 7) is 3.56. The second kappa shape index (κ2) is 8.79. The third-order valence-electron chi connectivity index (χ3n) is 5.19. The number of anilines is 1. The number of carbonyl (C=O) groups excluding carboxylic acids is 1. The first-order chi connectivity index (χ1) is 15.7. The number of ether oxygens (including phenoxy) is 2. The van der Waals surface area contributed by atoms with E-state index in [1.54, 1.807) is 44.2 Å². The normalized spacial score (nSPS) is 13.7. The predicted molar refractivity (Wildman–Crippen MR) is 126 cm³/mol. The van der Waals surface area contributed by atoms with Gasteiger partial charge >= 0.3 is 6.09 Å². The van der Waals surface area contributed by atoms with E-state index in [-0.39, 0.29) is 12.1 Å². The summed E-state index contributed by atoms with van der Waals surface area (Å²) in [5.74, 6) is 0.0282. The molecule has 8 nitrogen and oxygen atoms in total. The van der Waals surface area contributed by atoms with Gasteiger partial charge in [0.2, 0.25) is 0 Å². The first-order valence-corrected chi connectivity index (χ1v) is 12.7. The van der Waals surface area contributed by atoms with Crippen LogP contribution in [0, 0.1) is 11.3 Å². The third-order valence-corrected chi connectivity index (χ3v) is 5.73. The molecule has 0 spiro atoms. The summed E-state index contributed by atoms with van der Waals surface area (Å²) in [6, 6.07) is 15.1. The summed E-state index contributed by atoms with van der Waals surface area (Å²) < 4.78 is 35.7. The fraction of sp³-hybridized carbons (Fsp3) is 0.333. The van der Waals surface area contributed by atoms with Crippen LogP contribution in [0.1, 0.15) is 38.3 Å². The predicted octanol–water partition coefficient (Wildman–Crippen LogP) is 4.85. The molecule has 0 radical (unpaired) electrons. The molecule has 1 N–H and O–H groups in total. The molecule has 33 heavy (non-hydrogen) atoms. The molecule has 1 amide bonds. The van der Waals surface area contributed by atoms with Crippen LogP contribution in [-0.4, -0.2) is 37.4 Å². The SMILES string of the molecule is CC(C)OC(=O)Nc1ccc(-c2c(C#N)c3ccc(OCS(C)(=O)=O)cc3n2C2CC2)cc1. The minimum Gasteiger partial charge on any atom is -0.478 e.